The summed E-state index contributed by atoms with van der Waals surface area (Å²) in [4.78, 5) is 0. The predicted molar refractivity (Wildman–Crippen MR) is 68.3 cm³/mol. The summed E-state index contributed by atoms with van der Waals surface area (Å²) in [6.45, 7) is 2.18. The van der Waals surface area contributed by atoms with Gasteiger partial charge in [-0.3, -0.25) is 0 Å². The van der Waals surface area contributed by atoms with Crippen molar-refractivity contribution in [3.8, 4) is 0 Å². The SMILES string of the molecule is CCC[C@H]1CC[C@H](C2(O)C=C(F)C=C(F)C2)CC1. The molecule has 0 aromatic carbocycles. The molecule has 2 aliphatic carbocycles. The van der Waals surface area contributed by atoms with Crippen LogP contribution in [0, 0.1) is 11.8 Å². The lowest BCUT2D eigenvalue weighted by atomic mass is 9.70. The summed E-state index contributed by atoms with van der Waals surface area (Å²) >= 11 is 0. The number of allylic oxidation sites excluding steroid dienone is 2. The molecular formula is C15H22F2O. The van der Waals surface area contributed by atoms with Gasteiger partial charge in [-0.1, -0.05) is 32.6 Å². The van der Waals surface area contributed by atoms with E-state index in [9.17, 15) is 13.9 Å². The predicted octanol–water partition coefficient (Wildman–Crippen LogP) is 4.43. The van der Waals surface area contributed by atoms with Crippen molar-refractivity contribution >= 4 is 0 Å². The molecular weight excluding hydrogens is 234 g/mol. The van der Waals surface area contributed by atoms with E-state index in [0.717, 1.165) is 37.7 Å². The van der Waals surface area contributed by atoms with Gasteiger partial charge in [0.2, 0.25) is 0 Å². The molecule has 1 atom stereocenters. The van der Waals surface area contributed by atoms with Crippen LogP contribution in [0.15, 0.2) is 23.8 Å². The van der Waals surface area contributed by atoms with E-state index < -0.39 is 17.3 Å². The zero-order valence-corrected chi connectivity index (χ0v) is 11.0. The number of hydrogen-bond acceptors (Lipinski definition) is 1. The summed E-state index contributed by atoms with van der Waals surface area (Å²) < 4.78 is 26.6. The molecule has 2 aliphatic rings. The second kappa shape index (κ2) is 5.52. The van der Waals surface area contributed by atoms with Gasteiger partial charge in [-0.25, -0.2) is 8.78 Å². The lowest BCUT2D eigenvalue weighted by molar-refractivity contribution is -0.00334. The third kappa shape index (κ3) is 3.00. The third-order valence-electron chi connectivity index (χ3n) is 4.39. The first-order valence-corrected chi connectivity index (χ1v) is 7.00. The summed E-state index contributed by atoms with van der Waals surface area (Å²) in [5.41, 5.74) is -1.31. The highest BCUT2D eigenvalue weighted by Crippen LogP contribution is 2.42. The molecule has 18 heavy (non-hydrogen) atoms. The van der Waals surface area contributed by atoms with Gasteiger partial charge in [0.25, 0.3) is 0 Å². The van der Waals surface area contributed by atoms with Crippen molar-refractivity contribution < 1.29 is 13.9 Å². The van der Waals surface area contributed by atoms with E-state index >= 15 is 0 Å². The van der Waals surface area contributed by atoms with Gasteiger partial charge in [0.1, 0.15) is 11.7 Å². The van der Waals surface area contributed by atoms with Crippen LogP contribution in [0.25, 0.3) is 0 Å². The first kappa shape index (κ1) is 13.7. The zero-order chi connectivity index (χ0) is 13.2. The lowest BCUT2D eigenvalue weighted by Crippen LogP contribution is -2.39. The Hall–Kier alpha value is -0.700. The molecule has 1 nitrogen and oxygen atoms in total. The van der Waals surface area contributed by atoms with Crippen molar-refractivity contribution in [3.63, 3.8) is 0 Å². The van der Waals surface area contributed by atoms with Gasteiger partial charge in [0, 0.05) is 12.5 Å². The van der Waals surface area contributed by atoms with Gasteiger partial charge in [-0.15, -0.1) is 0 Å². The van der Waals surface area contributed by atoms with Gasteiger partial charge in [0.15, 0.2) is 0 Å². The second-order valence-electron chi connectivity index (χ2n) is 5.79. The topological polar surface area (TPSA) is 20.2 Å². The number of rotatable bonds is 3. The minimum atomic E-state index is -1.31. The Morgan fingerprint density at radius 3 is 2.50 bits per heavy atom. The maximum absolute atomic E-state index is 13.3. The van der Waals surface area contributed by atoms with Gasteiger partial charge in [-0.05, 0) is 30.8 Å². The minimum absolute atomic E-state index is 0.00388. The molecule has 0 aromatic rings. The fourth-order valence-electron chi connectivity index (χ4n) is 3.42. The Morgan fingerprint density at radius 2 is 1.94 bits per heavy atom. The summed E-state index contributed by atoms with van der Waals surface area (Å²) in [5, 5.41) is 10.5. The van der Waals surface area contributed by atoms with Crippen LogP contribution in [0.4, 0.5) is 8.78 Å². The maximum Gasteiger partial charge on any atom is 0.124 e. The molecule has 0 bridgehead atoms. The van der Waals surface area contributed by atoms with E-state index in [4.69, 9.17) is 0 Å². The van der Waals surface area contributed by atoms with Crippen LogP contribution >= 0.6 is 0 Å². The quantitative estimate of drug-likeness (QED) is 0.791. The smallest absolute Gasteiger partial charge is 0.124 e. The Morgan fingerprint density at radius 1 is 1.28 bits per heavy atom. The van der Waals surface area contributed by atoms with Crippen LogP contribution in [0.5, 0.6) is 0 Å². The maximum atomic E-state index is 13.3. The average molecular weight is 256 g/mol. The number of halogens is 2. The molecule has 102 valence electrons. The minimum Gasteiger partial charge on any atom is -0.385 e. The molecule has 1 N–H and O–H groups in total. The van der Waals surface area contributed by atoms with E-state index in [2.05, 4.69) is 6.92 Å². The molecule has 1 fully saturated rings. The Kier molecular flexibility index (Phi) is 4.21. The van der Waals surface area contributed by atoms with Crippen LogP contribution in [0.2, 0.25) is 0 Å². The first-order valence-electron chi connectivity index (χ1n) is 7.00. The number of aliphatic hydroxyl groups is 1. The lowest BCUT2D eigenvalue weighted by Gasteiger charge is -2.39. The Bertz CT molecular complexity index is 354. The van der Waals surface area contributed by atoms with Crippen LogP contribution in [0.1, 0.15) is 51.9 Å². The van der Waals surface area contributed by atoms with Gasteiger partial charge >= 0.3 is 0 Å². The zero-order valence-electron chi connectivity index (χ0n) is 11.0. The molecule has 0 spiro atoms. The highest BCUT2D eigenvalue weighted by Gasteiger charge is 2.40. The molecule has 0 radical (unpaired) electrons. The molecule has 0 saturated heterocycles. The van der Waals surface area contributed by atoms with Crippen molar-refractivity contribution in [1.82, 2.24) is 0 Å². The van der Waals surface area contributed by atoms with Gasteiger partial charge in [-0.2, -0.15) is 0 Å². The number of hydrogen-bond donors (Lipinski definition) is 1. The molecule has 1 unspecified atom stereocenters. The second-order valence-corrected chi connectivity index (χ2v) is 5.79. The van der Waals surface area contributed by atoms with Crippen molar-refractivity contribution in [2.75, 3.05) is 0 Å². The monoisotopic (exact) mass is 256 g/mol. The summed E-state index contributed by atoms with van der Waals surface area (Å²) in [7, 11) is 0. The summed E-state index contributed by atoms with van der Waals surface area (Å²) in [5.74, 6) is -0.464. The van der Waals surface area contributed by atoms with E-state index in [1.165, 1.54) is 18.9 Å². The third-order valence-corrected chi connectivity index (χ3v) is 4.39. The Labute approximate surface area is 108 Å². The van der Waals surface area contributed by atoms with Crippen LogP contribution in [-0.4, -0.2) is 10.7 Å². The first-order chi connectivity index (χ1) is 8.53. The van der Waals surface area contributed by atoms with E-state index in [-0.39, 0.29) is 12.3 Å². The van der Waals surface area contributed by atoms with Crippen molar-refractivity contribution in [2.24, 2.45) is 11.8 Å². The Balaban J connectivity index is 1.99. The molecule has 1 saturated carbocycles. The van der Waals surface area contributed by atoms with Crippen molar-refractivity contribution in [1.29, 1.82) is 0 Å². The molecule has 0 aliphatic heterocycles. The standard InChI is InChI=1S/C15H22F2O/c1-2-3-11-4-6-12(7-5-11)15(18)9-13(16)8-14(17)10-15/h8-9,11-12,18H,2-7,10H2,1H3/t11-,12-,15?. The molecule has 2 rings (SSSR count). The average Bonchev–Trinajstić information content (AvgIpc) is 2.28. The molecule has 3 heteroatoms. The van der Waals surface area contributed by atoms with Crippen LogP contribution in [0.3, 0.4) is 0 Å². The summed E-state index contributed by atoms with van der Waals surface area (Å²) in [6, 6.07) is 0. The van der Waals surface area contributed by atoms with E-state index in [1.807, 2.05) is 0 Å². The van der Waals surface area contributed by atoms with Crippen molar-refractivity contribution in [2.45, 2.75) is 57.5 Å². The normalized spacial score (nSPS) is 37.1. The molecule has 0 heterocycles. The highest BCUT2D eigenvalue weighted by molar-refractivity contribution is 5.27. The largest absolute Gasteiger partial charge is 0.385 e. The molecule has 0 amide bonds. The van der Waals surface area contributed by atoms with Gasteiger partial charge < -0.3 is 5.11 Å². The fourth-order valence-corrected chi connectivity index (χ4v) is 3.42. The van der Waals surface area contributed by atoms with E-state index in [1.54, 1.807) is 0 Å². The van der Waals surface area contributed by atoms with Crippen molar-refractivity contribution in [3.05, 3.63) is 23.8 Å². The summed E-state index contributed by atoms with van der Waals surface area (Å²) in [6.07, 6.45) is 8.32. The molecule has 0 aromatic heterocycles. The van der Waals surface area contributed by atoms with Crippen LogP contribution < -0.4 is 0 Å². The highest BCUT2D eigenvalue weighted by atomic mass is 19.1. The van der Waals surface area contributed by atoms with Gasteiger partial charge in [0.05, 0.1) is 5.60 Å². The van der Waals surface area contributed by atoms with E-state index in [0.29, 0.717) is 0 Å². The van der Waals surface area contributed by atoms with Crippen LogP contribution in [-0.2, 0) is 0 Å². The fraction of sp³-hybridized carbons (Fsp3) is 0.733.